The molecule has 0 heterocycles. The van der Waals surface area contributed by atoms with E-state index >= 15 is 0 Å². The quantitative estimate of drug-likeness (QED) is 0.563. The first-order valence-electron chi connectivity index (χ1n) is 5.97. The summed E-state index contributed by atoms with van der Waals surface area (Å²) in [6.07, 6.45) is 0. The van der Waals surface area contributed by atoms with Gasteiger partial charge in [-0.25, -0.2) is 0 Å². The third-order valence-electron chi connectivity index (χ3n) is 2.73. The third-order valence-corrected chi connectivity index (χ3v) is 3.37. The molecular weight excluding hydrogens is 310 g/mol. The Morgan fingerprint density at radius 2 is 1.84 bits per heavy atom. The first-order valence-corrected chi connectivity index (χ1v) is 6.76. The second-order valence-electron chi connectivity index (χ2n) is 4.05. The lowest BCUT2D eigenvalue weighted by atomic mass is 10.2. The summed E-state index contributed by atoms with van der Waals surface area (Å²) in [6.45, 7) is 2.84. The van der Waals surface area contributed by atoms with Crippen molar-refractivity contribution in [3.63, 3.8) is 0 Å². The largest absolute Gasteiger partial charge is 0.384 e. The van der Waals surface area contributed by atoms with E-state index in [1.54, 1.807) is 14.2 Å². The summed E-state index contributed by atoms with van der Waals surface area (Å²) in [5.74, 6) is 0.0626. The van der Waals surface area contributed by atoms with Gasteiger partial charge in [0.05, 0.1) is 18.9 Å². The number of ether oxygens (including phenoxy) is 2. The van der Waals surface area contributed by atoms with Crippen LogP contribution in [-0.4, -0.2) is 46.4 Å². The molecule has 0 bridgehead atoms. The molecule has 0 amide bonds. The number of rotatable bonds is 8. The molecule has 0 atom stereocenters. The number of amidine groups is 1. The van der Waals surface area contributed by atoms with Crippen molar-refractivity contribution in [2.75, 3.05) is 45.4 Å². The molecule has 0 unspecified atom stereocenters. The monoisotopic (exact) mass is 329 g/mol. The molecule has 0 saturated heterocycles. The number of hydrogen-bond acceptors (Lipinski definition) is 4. The highest BCUT2D eigenvalue weighted by atomic mass is 79.9. The number of nitrogens with one attached hydrogen (secondary N) is 1. The van der Waals surface area contributed by atoms with Crippen LogP contribution >= 0.6 is 15.9 Å². The standard InChI is InChI=1S/C13H20BrN3O2/c1-18-7-5-17(6-8-19-2)12-4-3-10(13(15)16)9-11(12)14/h3-4,9H,5-8H2,1-2H3,(H3,15,16). The summed E-state index contributed by atoms with van der Waals surface area (Å²) in [6, 6.07) is 5.64. The molecule has 5 nitrogen and oxygen atoms in total. The number of nitrogen functional groups attached to an aromatic ring is 1. The highest BCUT2D eigenvalue weighted by Crippen LogP contribution is 2.27. The van der Waals surface area contributed by atoms with E-state index < -0.39 is 0 Å². The van der Waals surface area contributed by atoms with Crippen molar-refractivity contribution in [1.82, 2.24) is 0 Å². The van der Waals surface area contributed by atoms with Gasteiger partial charge in [-0.1, -0.05) is 0 Å². The van der Waals surface area contributed by atoms with E-state index in [0.29, 0.717) is 18.8 Å². The first kappa shape index (κ1) is 15.9. The van der Waals surface area contributed by atoms with Crippen molar-refractivity contribution in [3.8, 4) is 0 Å². The van der Waals surface area contributed by atoms with E-state index in [4.69, 9.17) is 20.6 Å². The minimum absolute atomic E-state index is 0.0626. The fourth-order valence-electron chi connectivity index (χ4n) is 1.69. The number of anilines is 1. The molecule has 0 aromatic heterocycles. The third kappa shape index (κ3) is 4.81. The Hall–Kier alpha value is -1.11. The number of nitrogens with zero attached hydrogens (tertiary/aromatic N) is 1. The van der Waals surface area contributed by atoms with E-state index in [-0.39, 0.29) is 5.84 Å². The van der Waals surface area contributed by atoms with Crippen molar-refractivity contribution in [2.45, 2.75) is 0 Å². The van der Waals surface area contributed by atoms with E-state index in [1.165, 1.54) is 0 Å². The van der Waals surface area contributed by atoms with Crippen LogP contribution in [0.4, 0.5) is 5.69 Å². The van der Waals surface area contributed by atoms with Gasteiger partial charge in [0.2, 0.25) is 0 Å². The Labute approximate surface area is 122 Å². The molecule has 0 radical (unpaired) electrons. The number of benzene rings is 1. The average molecular weight is 330 g/mol. The molecule has 0 aliphatic rings. The minimum Gasteiger partial charge on any atom is -0.384 e. The van der Waals surface area contributed by atoms with Crippen LogP contribution in [0.25, 0.3) is 0 Å². The maximum Gasteiger partial charge on any atom is 0.122 e. The molecule has 106 valence electrons. The lowest BCUT2D eigenvalue weighted by Crippen LogP contribution is -2.31. The van der Waals surface area contributed by atoms with Crippen LogP contribution in [0.2, 0.25) is 0 Å². The summed E-state index contributed by atoms with van der Waals surface area (Å²) in [5.41, 5.74) is 7.22. The molecule has 19 heavy (non-hydrogen) atoms. The van der Waals surface area contributed by atoms with Gasteiger partial charge in [0, 0.05) is 37.3 Å². The molecule has 1 aromatic rings. The Balaban J connectivity index is 2.90. The fraction of sp³-hybridized carbons (Fsp3) is 0.462. The Morgan fingerprint density at radius 3 is 2.26 bits per heavy atom. The van der Waals surface area contributed by atoms with Gasteiger partial charge in [-0.2, -0.15) is 0 Å². The molecule has 0 aliphatic heterocycles. The van der Waals surface area contributed by atoms with Gasteiger partial charge < -0.3 is 20.1 Å². The molecule has 6 heteroatoms. The molecule has 0 spiro atoms. The summed E-state index contributed by atoms with van der Waals surface area (Å²) in [7, 11) is 3.37. The lowest BCUT2D eigenvalue weighted by molar-refractivity contribution is 0.190. The van der Waals surface area contributed by atoms with Crippen molar-refractivity contribution >= 4 is 27.5 Å². The lowest BCUT2D eigenvalue weighted by Gasteiger charge is -2.25. The molecule has 3 N–H and O–H groups in total. The number of methoxy groups -OCH3 is 2. The van der Waals surface area contributed by atoms with Crippen LogP contribution in [0.1, 0.15) is 5.56 Å². The second kappa shape index (κ2) is 8.14. The van der Waals surface area contributed by atoms with Crippen molar-refractivity contribution in [3.05, 3.63) is 28.2 Å². The Kier molecular flexibility index (Phi) is 6.83. The summed E-state index contributed by atoms with van der Waals surface area (Å²) < 4.78 is 11.2. The van der Waals surface area contributed by atoms with Crippen LogP contribution < -0.4 is 10.6 Å². The predicted molar refractivity (Wildman–Crippen MR) is 81.1 cm³/mol. The zero-order chi connectivity index (χ0) is 14.3. The highest BCUT2D eigenvalue weighted by molar-refractivity contribution is 9.10. The first-order chi connectivity index (χ1) is 9.10. The van der Waals surface area contributed by atoms with Gasteiger partial charge in [0.25, 0.3) is 0 Å². The van der Waals surface area contributed by atoms with Gasteiger partial charge in [0.15, 0.2) is 0 Å². The molecule has 0 saturated carbocycles. The Morgan fingerprint density at radius 1 is 1.26 bits per heavy atom. The van der Waals surface area contributed by atoms with E-state index in [2.05, 4.69) is 20.8 Å². The molecule has 1 rings (SSSR count). The van der Waals surface area contributed by atoms with Crippen LogP contribution in [0.5, 0.6) is 0 Å². The van der Waals surface area contributed by atoms with Crippen molar-refractivity contribution in [1.29, 1.82) is 5.41 Å². The van der Waals surface area contributed by atoms with Crippen LogP contribution in [-0.2, 0) is 9.47 Å². The topological polar surface area (TPSA) is 71.6 Å². The molecule has 0 aliphatic carbocycles. The maximum absolute atomic E-state index is 7.43. The highest BCUT2D eigenvalue weighted by Gasteiger charge is 2.11. The number of nitrogens with two attached hydrogens (primary N) is 1. The Bertz CT molecular complexity index is 418. The van der Waals surface area contributed by atoms with E-state index in [1.807, 2.05) is 18.2 Å². The summed E-state index contributed by atoms with van der Waals surface area (Å²) in [5, 5.41) is 7.43. The molecule has 0 fully saturated rings. The van der Waals surface area contributed by atoms with Crippen LogP contribution in [0, 0.1) is 5.41 Å². The normalized spacial score (nSPS) is 10.5. The van der Waals surface area contributed by atoms with E-state index in [9.17, 15) is 0 Å². The minimum atomic E-state index is 0.0626. The molecular formula is C13H20BrN3O2. The van der Waals surface area contributed by atoms with Gasteiger partial charge >= 0.3 is 0 Å². The summed E-state index contributed by atoms with van der Waals surface area (Å²) in [4.78, 5) is 2.17. The van der Waals surface area contributed by atoms with Crippen LogP contribution in [0.15, 0.2) is 22.7 Å². The number of halogens is 1. The smallest absolute Gasteiger partial charge is 0.122 e. The van der Waals surface area contributed by atoms with Gasteiger partial charge in [-0.3, -0.25) is 5.41 Å². The molecule has 1 aromatic carbocycles. The predicted octanol–water partition coefficient (Wildman–Crippen LogP) is 1.83. The maximum atomic E-state index is 7.43. The van der Waals surface area contributed by atoms with Crippen LogP contribution in [0.3, 0.4) is 0 Å². The van der Waals surface area contributed by atoms with Crippen molar-refractivity contribution < 1.29 is 9.47 Å². The van der Waals surface area contributed by atoms with Gasteiger partial charge in [-0.05, 0) is 34.1 Å². The fourth-order valence-corrected chi connectivity index (χ4v) is 2.32. The van der Waals surface area contributed by atoms with Gasteiger partial charge in [0.1, 0.15) is 5.84 Å². The average Bonchev–Trinajstić information content (AvgIpc) is 2.39. The zero-order valence-electron chi connectivity index (χ0n) is 11.3. The zero-order valence-corrected chi connectivity index (χ0v) is 12.9. The second-order valence-corrected chi connectivity index (χ2v) is 4.91. The summed E-state index contributed by atoms with van der Waals surface area (Å²) >= 11 is 3.52. The van der Waals surface area contributed by atoms with Crippen molar-refractivity contribution in [2.24, 2.45) is 5.73 Å². The van der Waals surface area contributed by atoms with Gasteiger partial charge in [-0.15, -0.1) is 0 Å². The number of hydrogen-bond donors (Lipinski definition) is 2. The SMILES string of the molecule is COCCN(CCOC)c1ccc(C(=N)N)cc1Br. The van der Waals surface area contributed by atoms with E-state index in [0.717, 1.165) is 23.2 Å².